The molecule has 2 aromatic heterocycles. The van der Waals surface area contributed by atoms with Crippen LogP contribution in [-0.2, 0) is 6.54 Å². The summed E-state index contributed by atoms with van der Waals surface area (Å²) < 4.78 is 5.71. The number of hydrogen-bond donors (Lipinski definition) is 1. The van der Waals surface area contributed by atoms with Crippen LogP contribution in [0, 0.1) is 5.92 Å². The van der Waals surface area contributed by atoms with Gasteiger partial charge >= 0.3 is 0 Å². The molecule has 0 radical (unpaired) electrons. The Kier molecular flexibility index (Phi) is 6.11. The number of amides is 1. The Labute approximate surface area is 179 Å². The van der Waals surface area contributed by atoms with Crippen LogP contribution in [0.1, 0.15) is 53.3 Å². The van der Waals surface area contributed by atoms with Crippen LogP contribution in [0.2, 0.25) is 0 Å². The van der Waals surface area contributed by atoms with Crippen molar-refractivity contribution in [2.45, 2.75) is 33.2 Å². The first-order valence-corrected chi connectivity index (χ1v) is 11.0. The Morgan fingerprint density at radius 3 is 2.60 bits per heavy atom. The number of likely N-dealkylation sites (tertiary alicyclic amines) is 1. The summed E-state index contributed by atoms with van der Waals surface area (Å²) in [7, 11) is 0. The highest BCUT2D eigenvalue weighted by atomic mass is 32.1. The zero-order valence-electron chi connectivity index (χ0n) is 17.2. The van der Waals surface area contributed by atoms with Crippen molar-refractivity contribution in [3.05, 3.63) is 58.8 Å². The molecule has 4 rings (SSSR count). The van der Waals surface area contributed by atoms with E-state index in [-0.39, 0.29) is 17.5 Å². The van der Waals surface area contributed by atoms with Crippen molar-refractivity contribution in [3.63, 3.8) is 0 Å². The highest BCUT2D eigenvalue weighted by Gasteiger charge is 2.18. The van der Waals surface area contributed by atoms with Crippen molar-refractivity contribution < 1.29 is 14.0 Å². The number of nitrogens with zero attached hydrogens (tertiary/aromatic N) is 2. The van der Waals surface area contributed by atoms with E-state index < -0.39 is 0 Å². The zero-order valence-corrected chi connectivity index (χ0v) is 18.0. The minimum absolute atomic E-state index is 0.0127. The Hall–Kier alpha value is -2.77. The van der Waals surface area contributed by atoms with Crippen molar-refractivity contribution >= 4 is 28.2 Å². The predicted octanol–water partition coefficient (Wildman–Crippen LogP) is 5.09. The van der Waals surface area contributed by atoms with Gasteiger partial charge in [0.2, 0.25) is 0 Å². The Bertz CT molecular complexity index is 1030. The van der Waals surface area contributed by atoms with Gasteiger partial charge in [-0.3, -0.25) is 19.8 Å². The molecule has 1 aromatic carbocycles. The second-order valence-corrected chi connectivity index (χ2v) is 8.71. The van der Waals surface area contributed by atoms with E-state index in [0.717, 1.165) is 36.8 Å². The van der Waals surface area contributed by atoms with Crippen molar-refractivity contribution in [1.82, 2.24) is 9.88 Å². The summed E-state index contributed by atoms with van der Waals surface area (Å²) in [4.78, 5) is 30.9. The van der Waals surface area contributed by atoms with Gasteiger partial charge in [0.25, 0.3) is 5.91 Å². The van der Waals surface area contributed by atoms with Gasteiger partial charge in [-0.25, -0.2) is 4.98 Å². The monoisotopic (exact) mass is 423 g/mol. The summed E-state index contributed by atoms with van der Waals surface area (Å²) in [6.07, 6.45) is 2.46. The molecule has 7 heteroatoms. The lowest BCUT2D eigenvalue weighted by Crippen LogP contribution is -2.32. The normalized spacial score (nSPS) is 15.3. The number of benzene rings is 1. The summed E-state index contributed by atoms with van der Waals surface area (Å²) in [6, 6.07) is 10.5. The molecule has 1 fully saturated rings. The third-order valence-corrected chi connectivity index (χ3v) is 6.25. The molecule has 1 aliphatic rings. The van der Waals surface area contributed by atoms with E-state index in [4.69, 9.17) is 4.42 Å². The van der Waals surface area contributed by atoms with Gasteiger partial charge in [0, 0.05) is 23.1 Å². The molecule has 1 saturated heterocycles. The zero-order chi connectivity index (χ0) is 21.1. The Morgan fingerprint density at radius 2 is 1.90 bits per heavy atom. The van der Waals surface area contributed by atoms with Crippen LogP contribution in [0.5, 0.6) is 0 Å². The summed E-state index contributed by atoms with van der Waals surface area (Å²) >= 11 is 1.43. The molecular formula is C23H25N3O3S. The fourth-order valence-corrected chi connectivity index (χ4v) is 4.23. The fraction of sp³-hybridized carbons (Fsp3) is 0.348. The van der Waals surface area contributed by atoms with E-state index in [0.29, 0.717) is 16.5 Å². The first kappa shape index (κ1) is 20.5. The number of aromatic nitrogens is 1. The minimum Gasteiger partial charge on any atom is -0.451 e. The lowest BCUT2D eigenvalue weighted by Gasteiger charge is -2.29. The number of furan rings is 1. The fourth-order valence-electron chi connectivity index (χ4n) is 3.53. The highest BCUT2D eigenvalue weighted by Crippen LogP contribution is 2.25. The van der Waals surface area contributed by atoms with Crippen LogP contribution in [0.4, 0.5) is 5.13 Å². The van der Waals surface area contributed by atoms with Gasteiger partial charge in [0.05, 0.1) is 5.69 Å². The largest absolute Gasteiger partial charge is 0.451 e. The first-order chi connectivity index (χ1) is 14.5. The van der Waals surface area contributed by atoms with Crippen LogP contribution < -0.4 is 5.32 Å². The molecule has 0 aliphatic carbocycles. The maximum absolute atomic E-state index is 12.5. The molecule has 0 saturated carbocycles. The number of ketones is 1. The van der Waals surface area contributed by atoms with E-state index in [1.807, 2.05) is 17.5 Å². The van der Waals surface area contributed by atoms with Gasteiger partial charge in [0.15, 0.2) is 16.7 Å². The van der Waals surface area contributed by atoms with Gasteiger partial charge in [-0.1, -0.05) is 31.2 Å². The predicted molar refractivity (Wildman–Crippen MR) is 118 cm³/mol. The average Bonchev–Trinajstić information content (AvgIpc) is 3.40. The Morgan fingerprint density at radius 1 is 1.17 bits per heavy atom. The molecular weight excluding hydrogens is 398 g/mol. The Balaban J connectivity index is 1.36. The molecule has 0 spiro atoms. The third-order valence-electron chi connectivity index (χ3n) is 5.44. The van der Waals surface area contributed by atoms with Crippen LogP contribution in [0.15, 0.2) is 46.2 Å². The van der Waals surface area contributed by atoms with Crippen molar-refractivity contribution in [1.29, 1.82) is 0 Å². The molecule has 0 bridgehead atoms. The molecule has 3 aromatic rings. The third kappa shape index (κ3) is 4.86. The van der Waals surface area contributed by atoms with Gasteiger partial charge in [-0.2, -0.15) is 0 Å². The van der Waals surface area contributed by atoms with Gasteiger partial charge in [-0.05, 0) is 50.9 Å². The second-order valence-electron chi connectivity index (χ2n) is 7.85. The summed E-state index contributed by atoms with van der Waals surface area (Å²) in [5, 5.41) is 5.39. The number of nitrogens with one attached hydrogen (secondary N) is 1. The van der Waals surface area contributed by atoms with Crippen LogP contribution in [0.25, 0.3) is 11.3 Å². The van der Waals surface area contributed by atoms with Crippen molar-refractivity contribution in [2.75, 3.05) is 18.4 Å². The van der Waals surface area contributed by atoms with Crippen molar-refractivity contribution in [2.24, 2.45) is 5.92 Å². The topological polar surface area (TPSA) is 75.4 Å². The number of anilines is 1. The van der Waals surface area contributed by atoms with Crippen LogP contribution in [0.3, 0.4) is 0 Å². The molecule has 0 atom stereocenters. The second kappa shape index (κ2) is 8.93. The lowest BCUT2D eigenvalue weighted by molar-refractivity contribution is 0.0994. The van der Waals surface area contributed by atoms with E-state index in [1.54, 1.807) is 24.3 Å². The standard InChI is InChI=1S/C23H25N3O3S/c1-15-9-11-26(12-10-15)13-19-14-30-23(24-19)25-22(28)21-8-7-20(29-21)18-5-3-17(4-6-18)16(2)27/h3-8,14-15H,9-13H2,1-2H3,(H,24,25,28). The highest BCUT2D eigenvalue weighted by molar-refractivity contribution is 7.13. The SMILES string of the molecule is CC(=O)c1ccc(-c2ccc(C(=O)Nc3nc(CN4CCC(C)CC4)cs3)o2)cc1. The number of carbonyl (C=O) groups excluding carboxylic acids is 2. The van der Waals surface area contributed by atoms with E-state index in [9.17, 15) is 9.59 Å². The van der Waals surface area contributed by atoms with Gasteiger partial charge in [0.1, 0.15) is 5.76 Å². The van der Waals surface area contributed by atoms with Gasteiger partial charge < -0.3 is 4.42 Å². The number of Topliss-reactive ketones (excluding diaryl/α,β-unsaturated/α-hetero) is 1. The maximum atomic E-state index is 12.5. The molecule has 1 N–H and O–H groups in total. The van der Waals surface area contributed by atoms with Crippen LogP contribution in [-0.4, -0.2) is 34.7 Å². The van der Waals surface area contributed by atoms with E-state index in [1.165, 1.54) is 31.1 Å². The molecule has 0 unspecified atom stereocenters. The van der Waals surface area contributed by atoms with Crippen molar-refractivity contribution in [3.8, 4) is 11.3 Å². The lowest BCUT2D eigenvalue weighted by atomic mass is 9.99. The molecule has 30 heavy (non-hydrogen) atoms. The van der Waals surface area contributed by atoms with E-state index in [2.05, 4.69) is 22.1 Å². The molecule has 3 heterocycles. The minimum atomic E-state index is -0.325. The number of rotatable bonds is 6. The quantitative estimate of drug-likeness (QED) is 0.559. The molecule has 6 nitrogen and oxygen atoms in total. The number of carbonyl (C=O) groups is 2. The van der Waals surface area contributed by atoms with Crippen LogP contribution >= 0.6 is 11.3 Å². The molecule has 1 aliphatic heterocycles. The number of hydrogen-bond acceptors (Lipinski definition) is 6. The molecule has 156 valence electrons. The van der Waals surface area contributed by atoms with E-state index >= 15 is 0 Å². The number of piperidine rings is 1. The van der Waals surface area contributed by atoms with Gasteiger partial charge in [-0.15, -0.1) is 11.3 Å². The number of thiazole rings is 1. The smallest absolute Gasteiger partial charge is 0.293 e. The summed E-state index contributed by atoms with van der Waals surface area (Å²) in [5.41, 5.74) is 2.43. The average molecular weight is 424 g/mol. The molecule has 1 amide bonds. The summed E-state index contributed by atoms with van der Waals surface area (Å²) in [5.74, 6) is 1.29. The maximum Gasteiger partial charge on any atom is 0.293 e. The first-order valence-electron chi connectivity index (χ1n) is 10.2. The summed E-state index contributed by atoms with van der Waals surface area (Å²) in [6.45, 7) is 6.85.